The molecule has 4 nitrogen and oxygen atoms in total. The number of hydrogen-bond donors (Lipinski definition) is 2. The third-order valence-corrected chi connectivity index (χ3v) is 12.5. The van der Waals surface area contributed by atoms with E-state index in [0.29, 0.717) is 50.4 Å². The summed E-state index contributed by atoms with van der Waals surface area (Å²) in [5.41, 5.74) is 13.6. The van der Waals surface area contributed by atoms with Crippen LogP contribution in [0.3, 0.4) is 0 Å². The normalized spacial score (nSPS) is 13.5. The molecular formula is C58H68O4. The average Bonchev–Trinajstić information content (AvgIpc) is 3.18. The Balaban J connectivity index is 1.55. The zero-order valence-corrected chi connectivity index (χ0v) is 39.3. The fourth-order valence-electron chi connectivity index (χ4n) is 8.48. The summed E-state index contributed by atoms with van der Waals surface area (Å²) in [7, 11) is 0. The summed E-state index contributed by atoms with van der Waals surface area (Å²) in [6.07, 6.45) is 1.86. The summed E-state index contributed by atoms with van der Waals surface area (Å²) in [6.45, 7) is 27.7. The molecule has 0 atom stereocenters. The third-order valence-electron chi connectivity index (χ3n) is 12.5. The van der Waals surface area contributed by atoms with Crippen molar-refractivity contribution >= 4 is 0 Å². The van der Waals surface area contributed by atoms with Gasteiger partial charge in [-0.2, -0.15) is 0 Å². The molecule has 0 saturated heterocycles. The predicted octanol–water partition coefficient (Wildman–Crippen LogP) is 14.1. The lowest BCUT2D eigenvalue weighted by atomic mass is 9.79. The van der Waals surface area contributed by atoms with Crippen LogP contribution < -0.4 is 9.47 Å². The van der Waals surface area contributed by atoms with Crippen molar-refractivity contribution in [3.8, 4) is 23.0 Å². The maximum absolute atomic E-state index is 12.6. The van der Waals surface area contributed by atoms with E-state index in [4.69, 9.17) is 9.47 Å². The number of fused-ring (bicyclic) bond motifs is 8. The second-order valence-electron chi connectivity index (χ2n) is 21.8. The molecule has 1 aliphatic rings. The van der Waals surface area contributed by atoms with Crippen molar-refractivity contribution in [2.75, 3.05) is 0 Å². The maximum atomic E-state index is 12.6. The van der Waals surface area contributed by atoms with Gasteiger partial charge in [0, 0.05) is 25.7 Å². The smallest absolute Gasteiger partial charge is 0.126 e. The van der Waals surface area contributed by atoms with Crippen LogP contribution in [0.2, 0.25) is 0 Å². The third kappa shape index (κ3) is 10.1. The largest absolute Gasteiger partial charge is 0.507 e. The molecule has 0 fully saturated rings. The minimum absolute atomic E-state index is 0.174. The highest BCUT2D eigenvalue weighted by Gasteiger charge is 2.28. The van der Waals surface area contributed by atoms with Crippen molar-refractivity contribution in [2.45, 2.75) is 144 Å². The van der Waals surface area contributed by atoms with E-state index in [1.807, 2.05) is 36.4 Å². The van der Waals surface area contributed by atoms with Gasteiger partial charge in [0.25, 0.3) is 0 Å². The minimum Gasteiger partial charge on any atom is -0.507 e. The topological polar surface area (TPSA) is 58.9 Å². The van der Waals surface area contributed by atoms with Crippen LogP contribution in [0.1, 0.15) is 161 Å². The molecule has 0 unspecified atom stereocenters. The summed E-state index contributed by atoms with van der Waals surface area (Å²) in [5.74, 6) is 2.21. The first kappa shape index (κ1) is 44.6. The molecule has 0 heterocycles. The second kappa shape index (κ2) is 17.0. The molecule has 6 aromatic rings. The molecule has 4 heteroatoms. The zero-order valence-electron chi connectivity index (χ0n) is 39.3. The van der Waals surface area contributed by atoms with Crippen LogP contribution in [0.4, 0.5) is 0 Å². The maximum Gasteiger partial charge on any atom is 0.126 e. The van der Waals surface area contributed by atoms with Gasteiger partial charge in [0.1, 0.15) is 36.2 Å². The first-order chi connectivity index (χ1) is 29.0. The van der Waals surface area contributed by atoms with Gasteiger partial charge >= 0.3 is 0 Å². The van der Waals surface area contributed by atoms with Crippen LogP contribution >= 0.6 is 0 Å². The number of hydrogen-bond acceptors (Lipinski definition) is 4. The van der Waals surface area contributed by atoms with Gasteiger partial charge in [-0.15, -0.1) is 0 Å². The lowest BCUT2D eigenvalue weighted by molar-refractivity contribution is 0.300. The van der Waals surface area contributed by atoms with E-state index in [1.54, 1.807) is 0 Å². The predicted molar refractivity (Wildman–Crippen MR) is 257 cm³/mol. The van der Waals surface area contributed by atoms with E-state index in [0.717, 1.165) is 78.3 Å². The van der Waals surface area contributed by atoms with Crippen LogP contribution in [-0.4, -0.2) is 10.2 Å². The molecule has 0 spiro atoms. The number of phenolic OH excluding ortho intramolecular Hbond substituents is 2. The molecule has 7 rings (SSSR count). The van der Waals surface area contributed by atoms with Gasteiger partial charge in [-0.1, -0.05) is 192 Å². The van der Waals surface area contributed by atoms with Crippen molar-refractivity contribution in [1.29, 1.82) is 0 Å². The van der Waals surface area contributed by atoms with E-state index in [9.17, 15) is 10.2 Å². The Bertz CT molecular complexity index is 2280. The summed E-state index contributed by atoms with van der Waals surface area (Å²) >= 11 is 0. The highest BCUT2D eigenvalue weighted by Crippen LogP contribution is 2.44. The molecular weight excluding hydrogens is 761 g/mol. The Labute approximate surface area is 372 Å². The van der Waals surface area contributed by atoms with Gasteiger partial charge < -0.3 is 19.7 Å². The van der Waals surface area contributed by atoms with Gasteiger partial charge in [-0.05, 0) is 99.5 Å². The summed E-state index contributed by atoms with van der Waals surface area (Å²) in [5, 5.41) is 25.2. The Kier molecular flexibility index (Phi) is 12.2. The first-order valence-electron chi connectivity index (χ1n) is 22.4. The zero-order chi connectivity index (χ0) is 44.8. The number of phenols is 2. The summed E-state index contributed by atoms with van der Waals surface area (Å²) in [4.78, 5) is 0. The van der Waals surface area contributed by atoms with Gasteiger partial charge in [0.05, 0.1) is 0 Å². The SMILES string of the molecule is CC(C)(C)c1cc2c(O)c(c1)Cc1cc(C(C)(C)C)cc(c1OCc1ccccc1)Cc1cc(C(C)(C)C)cc(c1O)Cc1cc(C(C)(C)C)cc(c1OCc1ccccc1)C2. The summed E-state index contributed by atoms with van der Waals surface area (Å²) in [6, 6.07) is 38.5. The van der Waals surface area contributed by atoms with E-state index in [1.165, 1.54) is 11.1 Å². The monoisotopic (exact) mass is 829 g/mol. The van der Waals surface area contributed by atoms with Gasteiger partial charge in [-0.3, -0.25) is 0 Å². The van der Waals surface area contributed by atoms with E-state index < -0.39 is 0 Å². The number of rotatable bonds is 6. The van der Waals surface area contributed by atoms with E-state index in [-0.39, 0.29) is 21.7 Å². The van der Waals surface area contributed by atoms with Crippen LogP contribution in [-0.2, 0) is 60.6 Å². The molecule has 0 aromatic heterocycles. The van der Waals surface area contributed by atoms with Gasteiger partial charge in [0.15, 0.2) is 0 Å². The molecule has 0 amide bonds. The standard InChI is InChI=1S/C58H68O4/c1-55(2,3)47-27-39-23-43-31-49(57(7,8)9)33-45(53(43)61-35-37-19-15-13-16-20-37)25-41-29-48(56(4,5)6)30-42(52(41)60)26-46-34-50(58(10,11)12)32-44(24-40(28-47)51(39)59)54(46)62-36-38-21-17-14-18-22-38/h13-22,27-34,59-60H,23-26,35-36H2,1-12H3. The number of aromatic hydroxyl groups is 2. The fourth-order valence-corrected chi connectivity index (χ4v) is 8.48. The molecule has 6 aromatic carbocycles. The van der Waals surface area contributed by atoms with E-state index in [2.05, 4.69) is 156 Å². The average molecular weight is 829 g/mol. The minimum atomic E-state index is -0.181. The van der Waals surface area contributed by atoms with E-state index >= 15 is 0 Å². The van der Waals surface area contributed by atoms with Crippen molar-refractivity contribution in [2.24, 2.45) is 0 Å². The number of ether oxygens (including phenoxy) is 2. The molecule has 8 bridgehead atoms. The van der Waals surface area contributed by atoms with Crippen molar-refractivity contribution in [3.05, 3.63) is 187 Å². The van der Waals surface area contributed by atoms with Crippen molar-refractivity contribution in [3.63, 3.8) is 0 Å². The van der Waals surface area contributed by atoms with Crippen molar-refractivity contribution < 1.29 is 19.7 Å². The lowest BCUT2D eigenvalue weighted by Gasteiger charge is -2.28. The molecule has 0 radical (unpaired) electrons. The molecule has 0 saturated carbocycles. The molecule has 0 aliphatic heterocycles. The van der Waals surface area contributed by atoms with Gasteiger partial charge in [0.2, 0.25) is 0 Å². The van der Waals surface area contributed by atoms with Crippen LogP contribution in [0.25, 0.3) is 0 Å². The Morgan fingerprint density at radius 3 is 0.806 bits per heavy atom. The molecule has 62 heavy (non-hydrogen) atoms. The second-order valence-corrected chi connectivity index (χ2v) is 21.8. The van der Waals surface area contributed by atoms with Crippen LogP contribution in [0.5, 0.6) is 23.0 Å². The highest BCUT2D eigenvalue weighted by atomic mass is 16.5. The Hall–Kier alpha value is -5.48. The Morgan fingerprint density at radius 1 is 0.355 bits per heavy atom. The molecule has 2 N–H and O–H groups in total. The van der Waals surface area contributed by atoms with Crippen LogP contribution in [0, 0.1) is 0 Å². The first-order valence-corrected chi connectivity index (χ1v) is 22.4. The number of benzene rings is 6. The molecule has 324 valence electrons. The Morgan fingerprint density at radius 2 is 0.581 bits per heavy atom. The van der Waals surface area contributed by atoms with Crippen LogP contribution in [0.15, 0.2) is 109 Å². The summed E-state index contributed by atoms with van der Waals surface area (Å²) < 4.78 is 13.9. The fraction of sp³-hybridized carbons (Fsp3) is 0.379. The quantitative estimate of drug-likeness (QED) is 0.175. The van der Waals surface area contributed by atoms with Gasteiger partial charge in [-0.25, -0.2) is 0 Å². The highest BCUT2D eigenvalue weighted by molar-refractivity contribution is 5.59. The lowest BCUT2D eigenvalue weighted by Crippen LogP contribution is -2.16. The molecule has 1 aliphatic carbocycles. The van der Waals surface area contributed by atoms with Crippen molar-refractivity contribution in [1.82, 2.24) is 0 Å².